The number of nitrogens with zero attached hydrogens (tertiary/aromatic N) is 5. The van der Waals surface area contributed by atoms with Crippen molar-refractivity contribution in [2.75, 3.05) is 18.0 Å². The Morgan fingerprint density at radius 2 is 1.72 bits per heavy atom. The molecule has 0 fully saturated rings. The van der Waals surface area contributed by atoms with Crippen molar-refractivity contribution in [2.24, 2.45) is 10.1 Å². The highest BCUT2D eigenvalue weighted by Crippen LogP contribution is 2.22. The van der Waals surface area contributed by atoms with Crippen LogP contribution in [0, 0.1) is 13.8 Å². The lowest BCUT2D eigenvalue weighted by atomic mass is 10.2. The molecule has 6 nitrogen and oxygen atoms in total. The molecule has 130 valence electrons. The summed E-state index contributed by atoms with van der Waals surface area (Å²) in [4.78, 5) is 23.9. The minimum absolute atomic E-state index is 0.135. The minimum atomic E-state index is -0.135. The van der Waals surface area contributed by atoms with Crippen molar-refractivity contribution < 1.29 is 0 Å². The van der Waals surface area contributed by atoms with Crippen LogP contribution in [0.4, 0.5) is 11.4 Å². The highest BCUT2D eigenvalue weighted by Gasteiger charge is 2.24. The molecular formula is C19H23N5O. The SMILES string of the molecule is CCN(CC)c1ccc(N=C2C(C)=Nn3c2nc(C)c(C)c3=O)cc1. The van der Waals surface area contributed by atoms with Crippen molar-refractivity contribution >= 4 is 22.8 Å². The third-order valence-corrected chi connectivity index (χ3v) is 4.55. The van der Waals surface area contributed by atoms with Gasteiger partial charge in [-0.15, -0.1) is 0 Å². The Morgan fingerprint density at radius 1 is 1.08 bits per heavy atom. The zero-order valence-corrected chi connectivity index (χ0v) is 15.4. The van der Waals surface area contributed by atoms with Crippen molar-refractivity contribution in [3.05, 3.63) is 51.7 Å². The first kappa shape index (κ1) is 17.1. The van der Waals surface area contributed by atoms with Crippen LogP contribution in [0.1, 0.15) is 37.9 Å². The smallest absolute Gasteiger partial charge is 0.277 e. The van der Waals surface area contributed by atoms with Gasteiger partial charge in [0.05, 0.1) is 11.4 Å². The summed E-state index contributed by atoms with van der Waals surface area (Å²) in [6.07, 6.45) is 0. The quantitative estimate of drug-likeness (QED) is 0.861. The van der Waals surface area contributed by atoms with Gasteiger partial charge in [0, 0.05) is 30.0 Å². The zero-order valence-electron chi connectivity index (χ0n) is 15.4. The summed E-state index contributed by atoms with van der Waals surface area (Å²) in [7, 11) is 0. The summed E-state index contributed by atoms with van der Waals surface area (Å²) in [6.45, 7) is 11.7. The standard InChI is InChI=1S/C19H23N5O/c1-6-23(7-2)16-10-8-15(9-11-16)21-17-14(5)22-24-18(17)20-13(4)12(3)19(24)25/h8-11H,6-7H2,1-5H3. The van der Waals surface area contributed by atoms with Crippen LogP contribution in [0.2, 0.25) is 0 Å². The Hall–Kier alpha value is -2.76. The molecule has 0 N–H and O–H groups in total. The Morgan fingerprint density at radius 3 is 2.32 bits per heavy atom. The van der Waals surface area contributed by atoms with Crippen molar-refractivity contribution in [1.29, 1.82) is 0 Å². The molecule has 0 bridgehead atoms. The average molecular weight is 337 g/mol. The van der Waals surface area contributed by atoms with Gasteiger partial charge in [-0.25, -0.2) is 9.98 Å². The molecule has 3 rings (SSSR count). The number of hydrogen-bond donors (Lipinski definition) is 0. The van der Waals surface area contributed by atoms with Crippen LogP contribution in [0.3, 0.4) is 0 Å². The number of fused-ring (bicyclic) bond motifs is 1. The van der Waals surface area contributed by atoms with E-state index in [1.165, 1.54) is 10.4 Å². The molecule has 1 aliphatic heterocycles. The lowest BCUT2D eigenvalue weighted by molar-refractivity contribution is 0.779. The van der Waals surface area contributed by atoms with Crippen LogP contribution in [0.25, 0.3) is 0 Å². The average Bonchev–Trinajstić information content (AvgIpc) is 2.91. The van der Waals surface area contributed by atoms with Crippen LogP contribution in [-0.4, -0.2) is 34.2 Å². The molecule has 0 radical (unpaired) electrons. The molecule has 2 aromatic rings. The monoisotopic (exact) mass is 337 g/mol. The van der Waals surface area contributed by atoms with E-state index in [1.807, 2.05) is 26.0 Å². The van der Waals surface area contributed by atoms with Crippen LogP contribution >= 0.6 is 0 Å². The van der Waals surface area contributed by atoms with Gasteiger partial charge in [-0.05, 0) is 58.9 Å². The number of anilines is 1. The van der Waals surface area contributed by atoms with Crippen LogP contribution in [-0.2, 0) is 0 Å². The third kappa shape index (κ3) is 2.99. The largest absolute Gasteiger partial charge is 0.372 e. The second-order valence-electron chi connectivity index (χ2n) is 6.10. The van der Waals surface area contributed by atoms with Gasteiger partial charge in [-0.2, -0.15) is 9.78 Å². The molecule has 0 amide bonds. The molecule has 2 heterocycles. The highest BCUT2D eigenvalue weighted by atomic mass is 16.1. The molecule has 6 heteroatoms. The van der Waals surface area contributed by atoms with Gasteiger partial charge in [0.2, 0.25) is 0 Å². The van der Waals surface area contributed by atoms with Gasteiger partial charge in [-0.3, -0.25) is 4.79 Å². The van der Waals surface area contributed by atoms with Crippen LogP contribution in [0.15, 0.2) is 39.2 Å². The van der Waals surface area contributed by atoms with E-state index in [9.17, 15) is 4.79 Å². The van der Waals surface area contributed by atoms with Gasteiger partial charge in [0.1, 0.15) is 5.71 Å². The lowest BCUT2D eigenvalue weighted by Crippen LogP contribution is -2.24. The molecule has 1 aliphatic rings. The van der Waals surface area contributed by atoms with Crippen LogP contribution < -0.4 is 10.5 Å². The number of aromatic nitrogens is 2. The van der Waals surface area contributed by atoms with E-state index in [-0.39, 0.29) is 5.56 Å². The molecule has 25 heavy (non-hydrogen) atoms. The summed E-state index contributed by atoms with van der Waals surface area (Å²) in [5.74, 6) is 0.512. The van der Waals surface area contributed by atoms with E-state index in [2.05, 4.69) is 46.0 Å². The number of aliphatic imine (C=N–C) groups is 1. The van der Waals surface area contributed by atoms with Gasteiger partial charge in [-0.1, -0.05) is 0 Å². The number of benzene rings is 1. The van der Waals surface area contributed by atoms with Gasteiger partial charge in [0.15, 0.2) is 5.82 Å². The maximum Gasteiger partial charge on any atom is 0.277 e. The Balaban J connectivity index is 2.02. The first-order valence-corrected chi connectivity index (χ1v) is 8.56. The number of hydrogen-bond acceptors (Lipinski definition) is 5. The number of aryl methyl sites for hydroxylation is 1. The molecule has 0 spiro atoms. The molecule has 0 atom stereocenters. The summed E-state index contributed by atoms with van der Waals surface area (Å²) in [5.41, 5.74) is 4.53. The first-order chi connectivity index (χ1) is 12.0. The van der Waals surface area contributed by atoms with Gasteiger partial charge in [0.25, 0.3) is 5.56 Å². The van der Waals surface area contributed by atoms with Crippen molar-refractivity contribution in [2.45, 2.75) is 34.6 Å². The van der Waals surface area contributed by atoms with Gasteiger partial charge < -0.3 is 4.90 Å². The first-order valence-electron chi connectivity index (χ1n) is 8.56. The molecular weight excluding hydrogens is 314 g/mol. The van der Waals surface area contributed by atoms with E-state index < -0.39 is 0 Å². The Bertz CT molecular complexity index is 918. The fourth-order valence-electron chi connectivity index (χ4n) is 2.89. The Labute approximate surface area is 147 Å². The second kappa shape index (κ2) is 6.63. The highest BCUT2D eigenvalue weighted by molar-refractivity contribution is 6.48. The van der Waals surface area contributed by atoms with Crippen molar-refractivity contribution in [3.63, 3.8) is 0 Å². The van der Waals surface area contributed by atoms with Crippen LogP contribution in [0.5, 0.6) is 0 Å². The summed E-state index contributed by atoms with van der Waals surface area (Å²) >= 11 is 0. The molecule has 1 aromatic heterocycles. The van der Waals surface area contributed by atoms with Gasteiger partial charge >= 0.3 is 0 Å². The summed E-state index contributed by atoms with van der Waals surface area (Å²) < 4.78 is 1.35. The fourth-order valence-corrected chi connectivity index (χ4v) is 2.89. The summed E-state index contributed by atoms with van der Waals surface area (Å²) in [6, 6.07) is 8.09. The molecule has 1 aromatic carbocycles. The molecule has 0 aliphatic carbocycles. The predicted octanol–water partition coefficient (Wildman–Crippen LogP) is 3.06. The molecule has 0 unspecified atom stereocenters. The maximum absolute atomic E-state index is 12.4. The minimum Gasteiger partial charge on any atom is -0.372 e. The topological polar surface area (TPSA) is 62.9 Å². The molecule has 0 saturated heterocycles. The summed E-state index contributed by atoms with van der Waals surface area (Å²) in [5, 5.41) is 4.32. The number of rotatable bonds is 4. The van der Waals surface area contributed by atoms with E-state index in [0.29, 0.717) is 28.5 Å². The predicted molar refractivity (Wildman–Crippen MR) is 103 cm³/mol. The van der Waals surface area contributed by atoms with E-state index >= 15 is 0 Å². The van der Waals surface area contributed by atoms with E-state index in [0.717, 1.165) is 18.8 Å². The molecule has 0 saturated carbocycles. The fraction of sp³-hybridized carbons (Fsp3) is 0.368. The Kier molecular flexibility index (Phi) is 4.53. The van der Waals surface area contributed by atoms with Crippen molar-refractivity contribution in [1.82, 2.24) is 9.66 Å². The lowest BCUT2D eigenvalue weighted by Gasteiger charge is -2.20. The zero-order chi connectivity index (χ0) is 18.1. The third-order valence-electron chi connectivity index (χ3n) is 4.55. The van der Waals surface area contributed by atoms with Crippen molar-refractivity contribution in [3.8, 4) is 0 Å². The van der Waals surface area contributed by atoms with E-state index in [1.54, 1.807) is 6.92 Å². The maximum atomic E-state index is 12.4. The second-order valence-corrected chi connectivity index (χ2v) is 6.10. The van der Waals surface area contributed by atoms with E-state index in [4.69, 9.17) is 0 Å². The normalized spacial score (nSPS) is 14.6.